The van der Waals surface area contributed by atoms with Gasteiger partial charge in [-0.25, -0.2) is 0 Å². The topological polar surface area (TPSA) is 706 Å². The van der Waals surface area contributed by atoms with Crippen molar-refractivity contribution in [3.05, 3.63) is 72.1 Å². The number of para-hydroxylation sites is 2. The molecule has 0 spiro atoms. The van der Waals surface area contributed by atoms with E-state index in [0.29, 0.717) is 58.6 Å². The second-order valence-corrected chi connectivity index (χ2v) is 37.0. The molecule has 2 aliphatic rings. The minimum atomic E-state index is -1.85. The van der Waals surface area contributed by atoms with E-state index in [1.165, 1.54) is 45.2 Å². The molecule has 2 fully saturated rings. The van der Waals surface area contributed by atoms with E-state index in [1.54, 1.807) is 88.6 Å². The number of guanidine groups is 2. The first-order chi connectivity index (χ1) is 60.3. The number of benzene rings is 2. The van der Waals surface area contributed by atoms with Gasteiger partial charge in [0.15, 0.2) is 11.9 Å². The molecule has 0 bridgehead atoms. The molecule has 2 aliphatic heterocycles. The molecule has 4 aromatic rings. The number of rotatable bonds is 53. The average Bonchev–Trinajstić information content (AvgIpc) is 1.60. The number of H-pyrrole nitrogens is 2. The molecule has 48 heteroatoms. The highest BCUT2D eigenvalue weighted by atomic mass is 33.1. The Morgan fingerprint density at radius 3 is 1.15 bits per heavy atom. The highest BCUT2D eigenvalue weighted by molar-refractivity contribution is 8.76. The lowest BCUT2D eigenvalue weighted by atomic mass is 10.0. The van der Waals surface area contributed by atoms with E-state index >= 15 is 0 Å². The first-order valence-electron chi connectivity index (χ1n) is 41.5. The van der Waals surface area contributed by atoms with E-state index in [0.717, 1.165) is 0 Å². The SMILES string of the molecule is C[C@H](NC(=O)CCSSCCC(=O)N[C@@H](C)C(=O)N[C@@H](CCCCNC(=N)N)C(=O)NCC(=O)N[C@@H](CC(=O)O)C(=O)N[C@@H](Cc1c[nH]c2ccccc12)C(=O)N1CCC[C@H]1C(=O)N[C@H](C(N)=O)C(C)(C)S)C(=O)N[C@@H](CCCCNC(=N)N)C(=O)NCC(=O)N[C@@H](CC(=O)O)C(=O)N[C@@H](Cc1c[nH]c2ccccc12)C(=O)N1CCC[C@H]1C(=O)N[C@H](C(N)=O)C(C)(C)S. The lowest BCUT2D eigenvalue weighted by Crippen LogP contribution is -2.60. The molecule has 702 valence electrons. The van der Waals surface area contributed by atoms with Crippen LogP contribution < -0.4 is 97.4 Å². The highest BCUT2D eigenvalue weighted by Gasteiger charge is 2.45. The summed E-state index contributed by atoms with van der Waals surface area (Å²) in [6, 6.07) is -2.42. The molecule has 2 saturated heterocycles. The zero-order chi connectivity index (χ0) is 94.9. The Balaban J connectivity index is 0.988. The Morgan fingerprint density at radius 1 is 0.461 bits per heavy atom. The van der Waals surface area contributed by atoms with Crippen molar-refractivity contribution in [3.63, 3.8) is 0 Å². The summed E-state index contributed by atoms with van der Waals surface area (Å²) >= 11 is 8.84. The quantitative estimate of drug-likeness (QED) is 0.00666. The standard InChI is InChI=1S/C80H118N24O20S4/c1-41(67(115)97-49(21-11-13-27-87-77(83)84)69(117)91-39-59(107)95-51(35-61(109)110)71(119)99-53(33-43-37-89-47-19-9-7-17-45(43)47)75(123)103-29-15-23-55(103)73(121)101-63(65(81)113)79(3,4)125)93-57(105)25-31-127-128-32-26-58(106)94-42(2)68(116)98-50(22-12-14-28-88-78(85)86)70(118)92-40-60(108)96-52(36-62(111)112)72(120)100-54(34-44-38-90-48-20-10-8-18-46(44)48)76(124)104-30-16-24-56(104)74(122)102-64(66(82)114)80(5,6)126/h7-10,17-20,37-38,41-42,49-56,63-64,89-90,125-126H,11-16,21-36,39-40H2,1-6H3,(H2,81,113)(H2,82,114)(H,91,117)(H,92,118)(H,93,105)(H,94,106)(H,95,107)(H,96,108)(H,97,115)(H,98,116)(H,99,119)(H,100,120)(H,101,121)(H,102,122)(H,109,110)(H,111,112)(H4,83,84,87)(H4,85,86,88)/t41-,42-,49-,50-,51-,52-,53-,54-,55-,56-,63+,64+/m0/s1. The van der Waals surface area contributed by atoms with Gasteiger partial charge in [0.1, 0.15) is 72.5 Å². The number of unbranched alkanes of at least 4 members (excludes halogenated alkanes) is 2. The number of carbonyl (C=O) groups is 18. The van der Waals surface area contributed by atoms with Gasteiger partial charge in [0, 0.05) is 107 Å². The van der Waals surface area contributed by atoms with Gasteiger partial charge in [0.25, 0.3) is 0 Å². The Labute approximate surface area is 756 Å². The fraction of sp³-hybridized carbons (Fsp3) is 0.550. The van der Waals surface area contributed by atoms with Gasteiger partial charge in [-0.15, -0.1) is 0 Å². The summed E-state index contributed by atoms with van der Waals surface area (Å²) in [6.07, 6.45) is 2.69. The van der Waals surface area contributed by atoms with Gasteiger partial charge in [0.2, 0.25) is 94.5 Å². The maximum absolute atomic E-state index is 14.7. The second kappa shape index (κ2) is 50.5. The number of nitrogens with zero attached hydrogens (tertiary/aromatic N) is 2. The predicted octanol–water partition coefficient (Wildman–Crippen LogP) is -3.66. The largest absolute Gasteiger partial charge is 0.481 e. The summed E-state index contributed by atoms with van der Waals surface area (Å²) in [6.45, 7) is 7.74. The van der Waals surface area contributed by atoms with Crippen molar-refractivity contribution in [2.24, 2.45) is 22.9 Å². The van der Waals surface area contributed by atoms with Crippen LogP contribution in [0.25, 0.3) is 21.8 Å². The molecule has 0 aliphatic carbocycles. The number of hydrogen-bond donors (Lipinski definition) is 26. The number of aromatic amines is 2. The number of likely N-dealkylation sites (tertiary alicyclic amines) is 2. The van der Waals surface area contributed by atoms with E-state index in [1.807, 2.05) is 0 Å². The van der Waals surface area contributed by atoms with Crippen LogP contribution >= 0.6 is 46.8 Å². The third-order valence-corrected chi connectivity index (χ3v) is 23.7. The number of thiol groups is 2. The van der Waals surface area contributed by atoms with E-state index in [-0.39, 0.29) is 114 Å². The third kappa shape index (κ3) is 33.9. The number of fused-ring (bicyclic) bond motifs is 2. The first-order valence-corrected chi connectivity index (χ1v) is 44.8. The highest BCUT2D eigenvalue weighted by Crippen LogP contribution is 2.29. The lowest BCUT2D eigenvalue weighted by molar-refractivity contribution is -0.144. The molecule has 2 aromatic carbocycles. The van der Waals surface area contributed by atoms with Gasteiger partial charge < -0.3 is 127 Å². The number of aliphatic carboxylic acids is 2. The summed E-state index contributed by atoms with van der Waals surface area (Å²) in [5.74, 6) is -17.0. The number of primary amides is 2. The molecule has 28 N–H and O–H groups in total. The molecular formula is C80H118N24O20S4. The molecule has 2 aromatic heterocycles. The number of carboxylic acids is 2. The van der Waals surface area contributed by atoms with Crippen LogP contribution in [0.1, 0.15) is 143 Å². The molecule has 16 amide bonds. The van der Waals surface area contributed by atoms with Gasteiger partial charge in [-0.3, -0.25) is 97.1 Å². The van der Waals surface area contributed by atoms with Gasteiger partial charge in [0.05, 0.1) is 25.9 Å². The Bertz CT molecular complexity index is 4410. The molecule has 4 heterocycles. The maximum atomic E-state index is 14.7. The van der Waals surface area contributed by atoms with Crippen LogP contribution in [0.3, 0.4) is 0 Å². The number of hydrogen-bond acceptors (Lipinski definition) is 24. The molecule has 12 atom stereocenters. The zero-order valence-corrected chi connectivity index (χ0v) is 75.3. The lowest BCUT2D eigenvalue weighted by Gasteiger charge is -2.32. The van der Waals surface area contributed by atoms with Crippen molar-refractivity contribution in [1.82, 2.24) is 94.2 Å². The molecule has 6 rings (SSSR count). The minimum absolute atomic E-state index is 0.0501. The predicted molar refractivity (Wildman–Crippen MR) is 481 cm³/mol. The van der Waals surface area contributed by atoms with Crippen LogP contribution in [0.5, 0.6) is 0 Å². The maximum Gasteiger partial charge on any atom is 0.305 e. The fourth-order valence-electron chi connectivity index (χ4n) is 14.2. The third-order valence-electron chi connectivity index (χ3n) is 20.8. The zero-order valence-electron chi connectivity index (χ0n) is 71.8. The number of amides is 16. The Morgan fingerprint density at radius 2 is 0.812 bits per heavy atom. The van der Waals surface area contributed by atoms with E-state index in [2.05, 4.69) is 110 Å². The van der Waals surface area contributed by atoms with Crippen LogP contribution in [0.2, 0.25) is 0 Å². The van der Waals surface area contributed by atoms with Crippen LogP contribution in [-0.2, 0) is 99.1 Å². The minimum Gasteiger partial charge on any atom is -0.481 e. The summed E-state index contributed by atoms with van der Waals surface area (Å²) in [4.78, 5) is 252. The van der Waals surface area contributed by atoms with Crippen molar-refractivity contribution < 1.29 is 96.5 Å². The summed E-state index contributed by atoms with van der Waals surface area (Å²) in [7, 11) is 2.40. The van der Waals surface area contributed by atoms with Crippen molar-refractivity contribution in [1.29, 1.82) is 10.8 Å². The number of nitrogens with two attached hydrogens (primary N) is 4. The average molecular weight is 1860 g/mol. The van der Waals surface area contributed by atoms with Crippen molar-refractivity contribution in [3.8, 4) is 0 Å². The monoisotopic (exact) mass is 1860 g/mol. The summed E-state index contributed by atoms with van der Waals surface area (Å²) < 4.78 is -2.22. The summed E-state index contributed by atoms with van der Waals surface area (Å²) in [5.41, 5.74) is 24.5. The van der Waals surface area contributed by atoms with Crippen molar-refractivity contribution >= 4 is 187 Å². The van der Waals surface area contributed by atoms with Gasteiger partial charge >= 0.3 is 11.9 Å². The molecule has 44 nitrogen and oxygen atoms in total. The van der Waals surface area contributed by atoms with Crippen LogP contribution in [0.4, 0.5) is 0 Å². The summed E-state index contributed by atoms with van der Waals surface area (Å²) in [5, 5.41) is 71.4. The smallest absolute Gasteiger partial charge is 0.305 e. The Kier molecular flexibility index (Phi) is 41.3. The van der Waals surface area contributed by atoms with Crippen LogP contribution in [0, 0.1) is 10.8 Å². The second-order valence-electron chi connectivity index (χ2n) is 32.0. The number of nitrogens with one attached hydrogen (secondary N) is 18. The van der Waals surface area contributed by atoms with E-state index < -0.39 is 214 Å². The van der Waals surface area contributed by atoms with Gasteiger partial charge in [-0.1, -0.05) is 58.0 Å². The Hall–Kier alpha value is -12.1. The van der Waals surface area contributed by atoms with E-state index in [4.69, 9.17) is 33.8 Å². The molecule has 0 radical (unpaired) electrons. The van der Waals surface area contributed by atoms with Gasteiger partial charge in [-0.2, -0.15) is 25.3 Å². The van der Waals surface area contributed by atoms with E-state index in [9.17, 15) is 96.5 Å². The number of aromatic nitrogens is 2. The number of carboxylic acid groups (broad SMARTS) is 2. The van der Waals surface area contributed by atoms with Crippen molar-refractivity contribution in [2.45, 2.75) is 226 Å². The fourth-order valence-corrected chi connectivity index (χ4v) is 16.5. The number of carbonyl (C=O) groups excluding carboxylic acids is 16. The van der Waals surface area contributed by atoms with Crippen LogP contribution in [0.15, 0.2) is 60.9 Å². The van der Waals surface area contributed by atoms with Crippen LogP contribution in [-0.4, -0.2) is 281 Å². The van der Waals surface area contributed by atoms with Crippen molar-refractivity contribution in [2.75, 3.05) is 50.8 Å². The molecule has 128 heavy (non-hydrogen) atoms. The van der Waals surface area contributed by atoms with Gasteiger partial charge in [-0.05, 0) is 129 Å². The molecule has 0 unspecified atom stereocenters. The molecular weight excluding hydrogens is 1750 g/mol. The normalized spacial score (nSPS) is 16.1. The molecule has 0 saturated carbocycles. The first kappa shape index (κ1) is 105.